The average Bonchev–Trinajstić information content (AvgIpc) is 3.16. The molecule has 7 heteroatoms. The van der Waals surface area contributed by atoms with Gasteiger partial charge in [-0.25, -0.2) is 4.39 Å². The molecule has 2 amide bonds. The Kier molecular flexibility index (Phi) is 5.78. The molecule has 132 valence electrons. The highest BCUT2D eigenvalue weighted by Crippen LogP contribution is 2.13. The van der Waals surface area contributed by atoms with Crippen molar-refractivity contribution in [3.8, 4) is 0 Å². The fourth-order valence-electron chi connectivity index (χ4n) is 2.76. The van der Waals surface area contributed by atoms with Crippen LogP contribution in [0.3, 0.4) is 0 Å². The number of thiophene rings is 1. The average molecular weight is 361 g/mol. The van der Waals surface area contributed by atoms with E-state index in [1.165, 1.54) is 17.4 Å². The molecule has 1 fully saturated rings. The largest absolute Gasteiger partial charge is 0.351 e. The summed E-state index contributed by atoms with van der Waals surface area (Å²) < 4.78 is 13.5. The van der Waals surface area contributed by atoms with Crippen molar-refractivity contribution in [2.45, 2.75) is 6.54 Å². The van der Waals surface area contributed by atoms with Crippen LogP contribution < -0.4 is 5.32 Å². The van der Waals surface area contributed by atoms with Gasteiger partial charge in [-0.2, -0.15) is 0 Å². The molecule has 0 bridgehead atoms. The Morgan fingerprint density at radius 2 is 1.84 bits per heavy atom. The lowest BCUT2D eigenvalue weighted by molar-refractivity contribution is -0.122. The fourth-order valence-corrected chi connectivity index (χ4v) is 3.45. The predicted octanol–water partition coefficient (Wildman–Crippen LogP) is 1.96. The van der Waals surface area contributed by atoms with Crippen LogP contribution >= 0.6 is 11.3 Å². The van der Waals surface area contributed by atoms with Crippen LogP contribution in [-0.4, -0.2) is 54.3 Å². The molecule has 1 saturated heterocycles. The van der Waals surface area contributed by atoms with Crippen LogP contribution in [0.25, 0.3) is 0 Å². The van der Waals surface area contributed by atoms with Gasteiger partial charge >= 0.3 is 0 Å². The van der Waals surface area contributed by atoms with E-state index in [9.17, 15) is 14.0 Å². The quantitative estimate of drug-likeness (QED) is 0.886. The Labute approximate surface area is 150 Å². The third kappa shape index (κ3) is 4.64. The van der Waals surface area contributed by atoms with Gasteiger partial charge in [0.05, 0.1) is 11.4 Å². The minimum absolute atomic E-state index is 0.0543. The van der Waals surface area contributed by atoms with Crippen LogP contribution in [0.5, 0.6) is 0 Å². The molecular weight excluding hydrogens is 341 g/mol. The minimum atomic E-state index is -0.316. The maximum absolute atomic E-state index is 13.5. The molecule has 1 aliphatic rings. The van der Waals surface area contributed by atoms with Gasteiger partial charge in [-0.1, -0.05) is 24.3 Å². The number of hydrogen-bond acceptors (Lipinski definition) is 4. The summed E-state index contributed by atoms with van der Waals surface area (Å²) in [4.78, 5) is 28.9. The van der Waals surface area contributed by atoms with Gasteiger partial charge < -0.3 is 10.2 Å². The Balaban J connectivity index is 1.42. The van der Waals surface area contributed by atoms with E-state index in [2.05, 4.69) is 5.32 Å². The first kappa shape index (κ1) is 17.6. The lowest BCUT2D eigenvalue weighted by atomic mass is 10.2. The monoisotopic (exact) mass is 361 g/mol. The van der Waals surface area contributed by atoms with Crippen molar-refractivity contribution < 1.29 is 14.0 Å². The molecule has 3 rings (SSSR count). The van der Waals surface area contributed by atoms with Crippen LogP contribution in [0, 0.1) is 5.82 Å². The van der Waals surface area contributed by atoms with Crippen molar-refractivity contribution in [2.24, 2.45) is 0 Å². The number of carbonyl (C=O) groups excluding carboxylic acids is 2. The number of carbonyl (C=O) groups is 2. The summed E-state index contributed by atoms with van der Waals surface area (Å²) in [7, 11) is 0. The smallest absolute Gasteiger partial charge is 0.264 e. The molecule has 0 radical (unpaired) electrons. The topological polar surface area (TPSA) is 52.7 Å². The number of benzene rings is 1. The zero-order valence-electron chi connectivity index (χ0n) is 13.8. The number of amides is 2. The lowest BCUT2D eigenvalue weighted by Gasteiger charge is -2.34. The summed E-state index contributed by atoms with van der Waals surface area (Å²) in [5, 5.41) is 4.64. The number of hydrogen-bond donors (Lipinski definition) is 1. The van der Waals surface area contributed by atoms with E-state index >= 15 is 0 Å². The van der Waals surface area contributed by atoms with Gasteiger partial charge in [-0.3, -0.25) is 14.5 Å². The summed E-state index contributed by atoms with van der Waals surface area (Å²) in [6.45, 7) is 2.97. The summed E-state index contributed by atoms with van der Waals surface area (Å²) in [6.07, 6.45) is 0. The van der Waals surface area contributed by atoms with Crippen LogP contribution in [0.1, 0.15) is 15.2 Å². The Bertz CT molecular complexity index is 728. The van der Waals surface area contributed by atoms with Crippen LogP contribution in [-0.2, 0) is 11.3 Å². The van der Waals surface area contributed by atoms with E-state index in [4.69, 9.17) is 0 Å². The molecule has 2 heterocycles. The standard InChI is InChI=1S/C18H20FN3O2S/c19-15-5-2-1-4-14(15)12-20-17(23)13-21-7-9-22(10-8-21)18(24)16-6-3-11-25-16/h1-6,11H,7-10,12-13H2,(H,20,23). The second kappa shape index (κ2) is 8.22. The van der Waals surface area contributed by atoms with Crippen LogP contribution in [0.2, 0.25) is 0 Å². The van der Waals surface area contributed by atoms with E-state index in [1.807, 2.05) is 27.3 Å². The van der Waals surface area contributed by atoms with Gasteiger partial charge in [0.2, 0.25) is 5.91 Å². The van der Waals surface area contributed by atoms with E-state index in [1.54, 1.807) is 18.2 Å². The molecule has 0 aliphatic carbocycles. The maximum Gasteiger partial charge on any atom is 0.264 e. The molecule has 2 aromatic rings. The van der Waals surface area contributed by atoms with Crippen molar-refractivity contribution in [3.05, 3.63) is 58.0 Å². The third-order valence-electron chi connectivity index (χ3n) is 4.19. The Hall–Kier alpha value is -2.25. The van der Waals surface area contributed by atoms with Gasteiger partial charge in [-0.05, 0) is 17.5 Å². The molecule has 0 atom stereocenters. The lowest BCUT2D eigenvalue weighted by Crippen LogP contribution is -2.51. The third-order valence-corrected chi connectivity index (χ3v) is 5.05. The zero-order chi connectivity index (χ0) is 17.6. The highest BCUT2D eigenvalue weighted by molar-refractivity contribution is 7.12. The van der Waals surface area contributed by atoms with Crippen LogP contribution in [0.15, 0.2) is 41.8 Å². The van der Waals surface area contributed by atoms with Crippen molar-refractivity contribution >= 4 is 23.2 Å². The molecule has 25 heavy (non-hydrogen) atoms. The second-order valence-corrected chi connectivity index (χ2v) is 6.86. The predicted molar refractivity (Wildman–Crippen MR) is 94.9 cm³/mol. The van der Waals surface area contributed by atoms with Crippen LogP contribution in [0.4, 0.5) is 4.39 Å². The summed E-state index contributed by atoms with van der Waals surface area (Å²) in [5.41, 5.74) is 0.474. The first-order chi connectivity index (χ1) is 12.1. The van der Waals surface area contributed by atoms with Crippen molar-refractivity contribution in [3.63, 3.8) is 0 Å². The van der Waals surface area contributed by atoms with Gasteiger partial charge in [-0.15, -0.1) is 11.3 Å². The zero-order valence-corrected chi connectivity index (χ0v) is 14.6. The Morgan fingerprint density at radius 3 is 2.52 bits per heavy atom. The van der Waals surface area contributed by atoms with E-state index in [-0.39, 0.29) is 30.7 Å². The van der Waals surface area contributed by atoms with Crippen molar-refractivity contribution in [2.75, 3.05) is 32.7 Å². The summed E-state index contributed by atoms with van der Waals surface area (Å²) >= 11 is 1.44. The Morgan fingerprint density at radius 1 is 1.08 bits per heavy atom. The molecule has 1 aromatic carbocycles. The first-order valence-corrected chi connectivity index (χ1v) is 9.06. The normalized spacial score (nSPS) is 15.2. The van der Waals surface area contributed by atoms with Crippen molar-refractivity contribution in [1.82, 2.24) is 15.1 Å². The maximum atomic E-state index is 13.5. The number of halogens is 1. The summed E-state index contributed by atoms with van der Waals surface area (Å²) in [6, 6.07) is 10.1. The molecule has 1 aliphatic heterocycles. The summed E-state index contributed by atoms with van der Waals surface area (Å²) in [5.74, 6) is -0.400. The van der Waals surface area contributed by atoms with Gasteiger partial charge in [0.1, 0.15) is 5.82 Å². The number of nitrogens with one attached hydrogen (secondary N) is 1. The fraction of sp³-hybridized carbons (Fsp3) is 0.333. The molecule has 1 N–H and O–H groups in total. The molecule has 1 aromatic heterocycles. The minimum Gasteiger partial charge on any atom is -0.351 e. The second-order valence-electron chi connectivity index (χ2n) is 5.91. The van der Waals surface area contributed by atoms with E-state index in [0.717, 1.165) is 4.88 Å². The van der Waals surface area contributed by atoms with Gasteiger partial charge in [0.25, 0.3) is 5.91 Å². The SMILES string of the molecule is O=C(CN1CCN(C(=O)c2cccs2)CC1)NCc1ccccc1F. The molecule has 0 saturated carbocycles. The molecule has 0 unspecified atom stereocenters. The van der Waals surface area contributed by atoms with E-state index in [0.29, 0.717) is 31.7 Å². The van der Waals surface area contributed by atoms with Crippen molar-refractivity contribution in [1.29, 1.82) is 0 Å². The molecule has 5 nitrogen and oxygen atoms in total. The number of piperazine rings is 1. The number of nitrogens with zero attached hydrogens (tertiary/aromatic N) is 2. The number of rotatable bonds is 5. The highest BCUT2D eigenvalue weighted by Gasteiger charge is 2.23. The molecular formula is C18H20FN3O2S. The first-order valence-electron chi connectivity index (χ1n) is 8.19. The highest BCUT2D eigenvalue weighted by atomic mass is 32.1. The molecule has 0 spiro atoms. The van der Waals surface area contributed by atoms with Gasteiger partial charge in [0, 0.05) is 38.3 Å². The van der Waals surface area contributed by atoms with E-state index < -0.39 is 0 Å². The van der Waals surface area contributed by atoms with Gasteiger partial charge in [0.15, 0.2) is 0 Å².